The van der Waals surface area contributed by atoms with Gasteiger partial charge < -0.3 is 21.3 Å². The van der Waals surface area contributed by atoms with Gasteiger partial charge in [-0.25, -0.2) is 4.99 Å². The molecule has 0 aliphatic carbocycles. The first kappa shape index (κ1) is 25.4. The SMILES string of the molecule is C=C(/N=C(\C=C(C)C)Nc1ccc2nc(C)cc(N)c2c1)NC(C)CCCN(CC)CC. The third-order valence-electron chi connectivity index (χ3n) is 5.34. The van der Waals surface area contributed by atoms with Crippen LogP contribution >= 0.6 is 0 Å². The van der Waals surface area contributed by atoms with Gasteiger partial charge in [0.25, 0.3) is 0 Å². The van der Waals surface area contributed by atoms with Crippen molar-refractivity contribution in [1.29, 1.82) is 0 Å². The Hall–Kier alpha value is -2.86. The minimum atomic E-state index is 0.310. The average molecular weight is 437 g/mol. The molecule has 1 atom stereocenters. The zero-order valence-electron chi connectivity index (χ0n) is 20.6. The number of aromatic nitrogens is 1. The normalized spacial score (nSPS) is 12.7. The van der Waals surface area contributed by atoms with Gasteiger partial charge in [-0.2, -0.15) is 0 Å². The lowest BCUT2D eigenvalue weighted by atomic mass is 10.1. The molecule has 32 heavy (non-hydrogen) atoms. The van der Waals surface area contributed by atoms with Gasteiger partial charge in [0.2, 0.25) is 0 Å². The summed E-state index contributed by atoms with van der Waals surface area (Å²) < 4.78 is 0. The highest BCUT2D eigenvalue weighted by atomic mass is 15.1. The second kappa shape index (κ2) is 12.2. The summed E-state index contributed by atoms with van der Waals surface area (Å²) in [6, 6.07) is 8.19. The van der Waals surface area contributed by atoms with Crippen molar-refractivity contribution >= 4 is 28.1 Å². The van der Waals surface area contributed by atoms with E-state index in [2.05, 4.69) is 47.9 Å². The first-order valence-electron chi connectivity index (χ1n) is 11.6. The van der Waals surface area contributed by atoms with E-state index in [9.17, 15) is 0 Å². The number of aryl methyl sites for hydroxylation is 1. The van der Waals surface area contributed by atoms with Crippen LogP contribution in [0, 0.1) is 6.92 Å². The van der Waals surface area contributed by atoms with Gasteiger partial charge in [-0.1, -0.05) is 26.0 Å². The number of pyridine rings is 1. The van der Waals surface area contributed by atoms with Gasteiger partial charge in [0, 0.05) is 28.5 Å². The van der Waals surface area contributed by atoms with Crippen molar-refractivity contribution in [3.63, 3.8) is 0 Å². The Morgan fingerprint density at radius 3 is 2.62 bits per heavy atom. The topological polar surface area (TPSA) is 78.6 Å². The number of nitrogens with zero attached hydrogens (tertiary/aromatic N) is 3. The number of benzene rings is 1. The molecule has 6 nitrogen and oxygen atoms in total. The summed E-state index contributed by atoms with van der Waals surface area (Å²) in [5.74, 6) is 1.38. The standard InChI is InChI=1S/C26H40N6/c1-8-32(9-2)14-10-11-19(5)28-21(7)30-26(15-18(3)4)31-22-12-13-25-23(17-22)24(27)16-20(6)29-25/h12-13,15-17,19,28H,7-11,14H2,1-6H3,(H2,27,29)(H,30,31). The van der Waals surface area contributed by atoms with Crippen molar-refractivity contribution in [2.24, 2.45) is 4.99 Å². The molecule has 0 radical (unpaired) electrons. The minimum absolute atomic E-state index is 0.310. The zero-order valence-corrected chi connectivity index (χ0v) is 20.6. The summed E-state index contributed by atoms with van der Waals surface area (Å²) in [5, 5.41) is 7.76. The summed E-state index contributed by atoms with van der Waals surface area (Å²) in [5.41, 5.74) is 10.8. The summed E-state index contributed by atoms with van der Waals surface area (Å²) in [6.07, 6.45) is 4.24. The number of fused-ring (bicyclic) bond motifs is 1. The minimum Gasteiger partial charge on any atom is -0.398 e. The van der Waals surface area contributed by atoms with Gasteiger partial charge in [0.1, 0.15) is 11.7 Å². The predicted molar refractivity (Wildman–Crippen MR) is 140 cm³/mol. The van der Waals surface area contributed by atoms with Crippen LogP contribution in [-0.4, -0.2) is 41.4 Å². The molecular weight excluding hydrogens is 396 g/mol. The molecule has 4 N–H and O–H groups in total. The molecule has 1 heterocycles. The van der Waals surface area contributed by atoms with Crippen molar-refractivity contribution in [1.82, 2.24) is 15.2 Å². The maximum Gasteiger partial charge on any atom is 0.132 e. The van der Waals surface area contributed by atoms with Crippen LogP contribution in [-0.2, 0) is 0 Å². The molecular formula is C26H40N6. The number of rotatable bonds is 11. The molecule has 6 heteroatoms. The summed E-state index contributed by atoms with van der Waals surface area (Å²) in [4.78, 5) is 11.7. The van der Waals surface area contributed by atoms with E-state index < -0.39 is 0 Å². The lowest BCUT2D eigenvalue weighted by Crippen LogP contribution is -2.28. The quantitative estimate of drug-likeness (QED) is 0.321. The number of nitrogen functional groups attached to an aromatic ring is 1. The van der Waals surface area contributed by atoms with E-state index in [4.69, 9.17) is 10.7 Å². The van der Waals surface area contributed by atoms with Crippen molar-refractivity contribution < 1.29 is 0 Å². The Kier molecular flexibility index (Phi) is 9.72. The van der Waals surface area contributed by atoms with E-state index in [0.717, 1.165) is 71.9 Å². The van der Waals surface area contributed by atoms with E-state index >= 15 is 0 Å². The first-order valence-corrected chi connectivity index (χ1v) is 11.6. The molecule has 2 rings (SSSR count). The lowest BCUT2D eigenvalue weighted by Gasteiger charge is -2.20. The fourth-order valence-electron chi connectivity index (χ4n) is 3.68. The summed E-state index contributed by atoms with van der Waals surface area (Å²) in [7, 11) is 0. The third kappa shape index (κ3) is 8.00. The molecule has 1 aromatic carbocycles. The molecule has 1 aromatic heterocycles. The second-order valence-corrected chi connectivity index (χ2v) is 8.59. The third-order valence-corrected chi connectivity index (χ3v) is 5.34. The van der Waals surface area contributed by atoms with Crippen LogP contribution in [0.25, 0.3) is 10.9 Å². The monoisotopic (exact) mass is 436 g/mol. The summed E-state index contributed by atoms with van der Waals surface area (Å²) in [6.45, 7) is 20.1. The number of hydrogen-bond donors (Lipinski definition) is 3. The molecule has 0 amide bonds. The van der Waals surface area contributed by atoms with Crippen LogP contribution in [0.4, 0.5) is 11.4 Å². The Morgan fingerprint density at radius 2 is 1.97 bits per heavy atom. The van der Waals surface area contributed by atoms with Gasteiger partial charge in [-0.3, -0.25) is 4.98 Å². The number of nitrogens with one attached hydrogen (secondary N) is 2. The molecule has 0 bridgehead atoms. The number of hydrogen-bond acceptors (Lipinski definition) is 5. The molecule has 2 aromatic rings. The van der Waals surface area contributed by atoms with E-state index in [1.165, 1.54) is 0 Å². The summed E-state index contributed by atoms with van der Waals surface area (Å²) >= 11 is 0. The Bertz CT molecular complexity index is 968. The highest BCUT2D eigenvalue weighted by Gasteiger charge is 2.07. The van der Waals surface area contributed by atoms with E-state index in [1.807, 2.05) is 51.1 Å². The highest BCUT2D eigenvalue weighted by Crippen LogP contribution is 2.24. The molecule has 0 aliphatic rings. The van der Waals surface area contributed by atoms with Gasteiger partial charge in [0.05, 0.1) is 5.52 Å². The van der Waals surface area contributed by atoms with Crippen molar-refractivity contribution in [3.05, 3.63) is 54.0 Å². The molecule has 0 saturated carbocycles. The molecule has 0 spiro atoms. The number of allylic oxidation sites excluding steroid dienone is 1. The van der Waals surface area contributed by atoms with Crippen LogP contribution in [0.3, 0.4) is 0 Å². The number of anilines is 2. The Labute approximate surface area is 193 Å². The number of aliphatic imine (C=N–C) groups is 1. The maximum atomic E-state index is 6.21. The van der Waals surface area contributed by atoms with Gasteiger partial charge in [-0.15, -0.1) is 0 Å². The van der Waals surface area contributed by atoms with Gasteiger partial charge in [-0.05, 0) is 90.5 Å². The smallest absolute Gasteiger partial charge is 0.132 e. The van der Waals surface area contributed by atoms with Gasteiger partial charge >= 0.3 is 0 Å². The van der Waals surface area contributed by atoms with Gasteiger partial charge in [0.15, 0.2) is 0 Å². The fraction of sp³-hybridized carbons (Fsp3) is 0.462. The maximum absolute atomic E-state index is 6.21. The fourth-order valence-corrected chi connectivity index (χ4v) is 3.68. The molecule has 0 fully saturated rings. The van der Waals surface area contributed by atoms with Crippen molar-refractivity contribution in [2.75, 3.05) is 30.7 Å². The molecule has 1 unspecified atom stereocenters. The number of amidine groups is 1. The van der Waals surface area contributed by atoms with Crippen LogP contribution in [0.15, 0.2) is 53.3 Å². The largest absolute Gasteiger partial charge is 0.398 e. The second-order valence-electron chi connectivity index (χ2n) is 8.59. The van der Waals surface area contributed by atoms with Crippen molar-refractivity contribution in [2.45, 2.75) is 60.4 Å². The van der Waals surface area contributed by atoms with E-state index in [1.54, 1.807) is 0 Å². The Balaban J connectivity index is 2.08. The van der Waals surface area contributed by atoms with Crippen molar-refractivity contribution in [3.8, 4) is 0 Å². The van der Waals surface area contributed by atoms with Crippen LogP contribution in [0.5, 0.6) is 0 Å². The van der Waals surface area contributed by atoms with Crippen LogP contribution in [0.1, 0.15) is 53.2 Å². The molecule has 0 saturated heterocycles. The van der Waals surface area contributed by atoms with E-state index in [-0.39, 0.29) is 0 Å². The van der Waals surface area contributed by atoms with E-state index in [0.29, 0.717) is 11.9 Å². The molecule has 0 aliphatic heterocycles. The Morgan fingerprint density at radius 1 is 1.25 bits per heavy atom. The lowest BCUT2D eigenvalue weighted by molar-refractivity contribution is 0.292. The number of nitrogens with two attached hydrogens (primary N) is 1. The van der Waals surface area contributed by atoms with Crippen LogP contribution in [0.2, 0.25) is 0 Å². The molecule has 174 valence electrons. The average Bonchev–Trinajstić information content (AvgIpc) is 2.71. The highest BCUT2D eigenvalue weighted by molar-refractivity contribution is 6.06. The predicted octanol–water partition coefficient (Wildman–Crippen LogP) is 5.47. The van der Waals surface area contributed by atoms with Crippen LogP contribution < -0.4 is 16.4 Å². The first-order chi connectivity index (χ1) is 15.2. The zero-order chi connectivity index (χ0) is 23.7.